The highest BCUT2D eigenvalue weighted by Gasteiger charge is 2.25. The largest absolute Gasteiger partial charge is 0.462 e. The molecule has 0 bridgehead atoms. The van der Waals surface area contributed by atoms with Gasteiger partial charge in [-0.3, -0.25) is 5.41 Å². The number of aryl methyl sites for hydroxylation is 2. The topological polar surface area (TPSA) is 104 Å². The second-order valence-corrected chi connectivity index (χ2v) is 9.17. The van der Waals surface area contributed by atoms with Gasteiger partial charge in [-0.15, -0.1) is 0 Å². The number of fused-ring (bicyclic) bond motifs is 3. The van der Waals surface area contributed by atoms with Gasteiger partial charge < -0.3 is 20.8 Å². The SMILES string of the molecule is CCOC(=O)c1c(CNC(=N)N)[nH]c2cc(-c3c4c(cc5c3CCCC5)CCCC4)ccc12. The number of ether oxygens (including phenoxy) is 1. The summed E-state index contributed by atoms with van der Waals surface area (Å²) in [7, 11) is 0. The van der Waals surface area contributed by atoms with Crippen molar-refractivity contribution in [2.45, 2.75) is 64.8 Å². The van der Waals surface area contributed by atoms with Gasteiger partial charge in [0, 0.05) is 10.9 Å². The highest BCUT2D eigenvalue weighted by atomic mass is 16.5. The summed E-state index contributed by atoms with van der Waals surface area (Å²) in [5.41, 5.74) is 16.4. The summed E-state index contributed by atoms with van der Waals surface area (Å²) < 4.78 is 5.33. The predicted molar refractivity (Wildman–Crippen MR) is 132 cm³/mol. The van der Waals surface area contributed by atoms with E-state index in [1.807, 2.05) is 6.07 Å². The molecule has 0 aliphatic heterocycles. The molecule has 172 valence electrons. The van der Waals surface area contributed by atoms with Crippen molar-refractivity contribution in [2.24, 2.45) is 5.73 Å². The molecule has 6 nitrogen and oxygen atoms in total. The Balaban J connectivity index is 1.66. The number of carbonyl (C=O) groups excluding carboxylic acids is 1. The average molecular weight is 445 g/mol. The molecule has 0 atom stereocenters. The first-order chi connectivity index (χ1) is 16.1. The number of H-pyrrole nitrogens is 1. The normalized spacial score (nSPS) is 15.1. The number of carbonyl (C=O) groups is 1. The highest BCUT2D eigenvalue weighted by molar-refractivity contribution is 6.06. The lowest BCUT2D eigenvalue weighted by Gasteiger charge is -2.28. The van der Waals surface area contributed by atoms with Gasteiger partial charge in [-0.25, -0.2) is 4.79 Å². The molecule has 33 heavy (non-hydrogen) atoms. The standard InChI is InChI=1S/C27H32N4O2/c1-2-33-26(32)25-21-12-11-18(14-22(21)31-23(25)15-30-27(28)29)24-19-9-5-3-7-16(19)13-17-8-4-6-10-20(17)24/h11-14,31H,2-10,15H2,1H3,(H4,28,29,30). The minimum absolute atomic E-state index is 0.133. The van der Waals surface area contributed by atoms with Crippen LogP contribution in [0.5, 0.6) is 0 Å². The van der Waals surface area contributed by atoms with Crippen molar-refractivity contribution in [3.05, 3.63) is 57.8 Å². The molecule has 5 N–H and O–H groups in total. The number of nitrogens with one attached hydrogen (secondary N) is 3. The molecule has 0 spiro atoms. The second-order valence-electron chi connectivity index (χ2n) is 9.17. The first-order valence-corrected chi connectivity index (χ1v) is 12.1. The molecular weight excluding hydrogens is 412 g/mol. The minimum atomic E-state index is -0.355. The molecule has 1 aromatic heterocycles. The quantitative estimate of drug-likeness (QED) is 0.259. The zero-order valence-corrected chi connectivity index (χ0v) is 19.3. The minimum Gasteiger partial charge on any atom is -0.462 e. The second kappa shape index (κ2) is 8.93. The Morgan fingerprint density at radius 3 is 2.36 bits per heavy atom. The van der Waals surface area contributed by atoms with Crippen molar-refractivity contribution in [1.82, 2.24) is 10.3 Å². The van der Waals surface area contributed by atoms with Crippen LogP contribution in [0.1, 0.15) is 70.9 Å². The number of esters is 1. The zero-order chi connectivity index (χ0) is 22.9. The Bertz CT molecular complexity index is 1210. The molecule has 2 aromatic carbocycles. The summed E-state index contributed by atoms with van der Waals surface area (Å²) in [6.45, 7) is 2.38. The Labute approximate surface area is 194 Å². The van der Waals surface area contributed by atoms with Gasteiger partial charge in [0.05, 0.1) is 24.4 Å². The van der Waals surface area contributed by atoms with E-state index in [0.29, 0.717) is 17.9 Å². The molecule has 1 heterocycles. The summed E-state index contributed by atoms with van der Waals surface area (Å²) in [5.74, 6) is -0.488. The molecule has 6 heteroatoms. The van der Waals surface area contributed by atoms with E-state index in [2.05, 4.69) is 28.5 Å². The van der Waals surface area contributed by atoms with Crippen LogP contribution in [0.3, 0.4) is 0 Å². The summed E-state index contributed by atoms with van der Waals surface area (Å²) >= 11 is 0. The molecule has 3 aromatic rings. The zero-order valence-electron chi connectivity index (χ0n) is 19.3. The first kappa shape index (κ1) is 21.6. The number of rotatable bonds is 5. The number of hydrogen-bond donors (Lipinski definition) is 4. The van der Waals surface area contributed by atoms with Gasteiger partial charge >= 0.3 is 5.97 Å². The molecule has 2 aliphatic rings. The van der Waals surface area contributed by atoms with E-state index in [1.165, 1.54) is 71.9 Å². The van der Waals surface area contributed by atoms with E-state index in [0.717, 1.165) is 23.7 Å². The van der Waals surface area contributed by atoms with Crippen LogP contribution in [0.4, 0.5) is 0 Å². The molecule has 5 rings (SSSR count). The van der Waals surface area contributed by atoms with Crippen LogP contribution < -0.4 is 11.1 Å². The van der Waals surface area contributed by atoms with Crippen molar-refractivity contribution in [1.29, 1.82) is 5.41 Å². The van der Waals surface area contributed by atoms with E-state index in [4.69, 9.17) is 15.9 Å². The Morgan fingerprint density at radius 1 is 1.06 bits per heavy atom. The van der Waals surface area contributed by atoms with Gasteiger partial charge in [-0.05, 0) is 97.7 Å². The van der Waals surface area contributed by atoms with Crippen molar-refractivity contribution < 1.29 is 9.53 Å². The summed E-state index contributed by atoms with van der Waals surface area (Å²) in [6.07, 6.45) is 9.68. The molecule has 2 aliphatic carbocycles. The number of nitrogens with two attached hydrogens (primary N) is 1. The lowest BCUT2D eigenvalue weighted by molar-refractivity contribution is 0.0527. The number of hydrogen-bond acceptors (Lipinski definition) is 3. The van der Waals surface area contributed by atoms with Gasteiger partial charge in [0.15, 0.2) is 5.96 Å². The lowest BCUT2D eigenvalue weighted by atomic mass is 9.77. The molecular formula is C27H32N4O2. The Hall–Kier alpha value is -3.28. The fraction of sp³-hybridized carbons (Fsp3) is 0.407. The molecule has 0 amide bonds. The van der Waals surface area contributed by atoms with Crippen LogP contribution in [0.15, 0.2) is 24.3 Å². The Morgan fingerprint density at radius 2 is 1.73 bits per heavy atom. The third kappa shape index (κ3) is 3.99. The number of aromatic nitrogens is 1. The van der Waals surface area contributed by atoms with Crippen LogP contribution >= 0.6 is 0 Å². The van der Waals surface area contributed by atoms with Gasteiger partial charge in [0.25, 0.3) is 0 Å². The van der Waals surface area contributed by atoms with Crippen molar-refractivity contribution >= 4 is 22.8 Å². The summed E-state index contributed by atoms with van der Waals surface area (Å²) in [6, 6.07) is 8.89. The number of guanidine groups is 1. The molecule has 0 saturated carbocycles. The first-order valence-electron chi connectivity index (χ1n) is 12.1. The lowest BCUT2D eigenvalue weighted by Crippen LogP contribution is -2.30. The number of benzene rings is 2. The van der Waals surface area contributed by atoms with E-state index >= 15 is 0 Å². The van der Waals surface area contributed by atoms with Crippen LogP contribution in [0, 0.1) is 5.41 Å². The van der Waals surface area contributed by atoms with Crippen LogP contribution in [-0.2, 0) is 37.0 Å². The van der Waals surface area contributed by atoms with E-state index in [1.54, 1.807) is 6.92 Å². The van der Waals surface area contributed by atoms with Crippen LogP contribution in [0.25, 0.3) is 22.0 Å². The summed E-state index contributed by atoms with van der Waals surface area (Å²) in [5, 5.41) is 11.2. The maximum absolute atomic E-state index is 12.8. The van der Waals surface area contributed by atoms with E-state index in [9.17, 15) is 4.79 Å². The fourth-order valence-electron chi connectivity index (χ4n) is 5.65. The number of aromatic amines is 1. The van der Waals surface area contributed by atoms with Gasteiger partial charge in [-0.2, -0.15) is 0 Å². The van der Waals surface area contributed by atoms with Gasteiger partial charge in [0.2, 0.25) is 0 Å². The monoisotopic (exact) mass is 444 g/mol. The van der Waals surface area contributed by atoms with Crippen LogP contribution in [-0.4, -0.2) is 23.5 Å². The molecule has 0 radical (unpaired) electrons. The van der Waals surface area contributed by atoms with Crippen molar-refractivity contribution in [3.63, 3.8) is 0 Å². The Kier molecular flexibility index (Phi) is 5.83. The van der Waals surface area contributed by atoms with Crippen molar-refractivity contribution in [3.8, 4) is 11.1 Å². The van der Waals surface area contributed by atoms with E-state index in [-0.39, 0.29) is 18.5 Å². The van der Waals surface area contributed by atoms with Gasteiger partial charge in [-0.1, -0.05) is 18.2 Å². The fourth-order valence-corrected chi connectivity index (χ4v) is 5.65. The maximum Gasteiger partial charge on any atom is 0.340 e. The molecule has 0 unspecified atom stereocenters. The maximum atomic E-state index is 12.8. The molecule has 0 fully saturated rings. The summed E-state index contributed by atoms with van der Waals surface area (Å²) in [4.78, 5) is 16.2. The smallest absolute Gasteiger partial charge is 0.340 e. The van der Waals surface area contributed by atoms with Gasteiger partial charge in [0.1, 0.15) is 0 Å². The highest BCUT2D eigenvalue weighted by Crippen LogP contribution is 2.40. The third-order valence-corrected chi connectivity index (χ3v) is 7.07. The van der Waals surface area contributed by atoms with Crippen LogP contribution in [0.2, 0.25) is 0 Å². The van der Waals surface area contributed by atoms with Crippen molar-refractivity contribution in [2.75, 3.05) is 6.61 Å². The third-order valence-electron chi connectivity index (χ3n) is 7.07. The van der Waals surface area contributed by atoms with E-state index < -0.39 is 0 Å². The average Bonchev–Trinajstić information content (AvgIpc) is 3.19. The molecule has 0 saturated heterocycles. The predicted octanol–water partition coefficient (Wildman–Crippen LogP) is 4.75.